The number of hydrogen-bond donors (Lipinski definition) is 0. The molecule has 0 aliphatic carbocycles. The van der Waals surface area contributed by atoms with E-state index in [0.717, 1.165) is 25.3 Å². The van der Waals surface area contributed by atoms with Gasteiger partial charge in [-0.2, -0.15) is 4.31 Å². The lowest BCUT2D eigenvalue weighted by atomic mass is 10.2. The lowest BCUT2D eigenvalue weighted by Crippen LogP contribution is -2.49. The summed E-state index contributed by atoms with van der Waals surface area (Å²) >= 11 is 0. The smallest absolute Gasteiger partial charge is 0.218 e. The number of imidazole rings is 1. The van der Waals surface area contributed by atoms with Crippen molar-refractivity contribution in [3.8, 4) is 0 Å². The van der Waals surface area contributed by atoms with Gasteiger partial charge in [0.15, 0.2) is 0 Å². The fourth-order valence-corrected chi connectivity index (χ4v) is 4.77. The minimum atomic E-state index is -3.42. The molecule has 0 bridgehead atoms. The van der Waals surface area contributed by atoms with Crippen LogP contribution in [0.3, 0.4) is 0 Å². The third-order valence-electron chi connectivity index (χ3n) is 4.74. The Hall–Kier alpha value is -1.77. The van der Waals surface area contributed by atoms with Gasteiger partial charge in [-0.3, -0.25) is 4.90 Å². The third-order valence-corrected chi connectivity index (χ3v) is 6.59. The minimum Gasteiger partial charge on any atom is -0.334 e. The van der Waals surface area contributed by atoms with Crippen molar-refractivity contribution in [3.63, 3.8) is 0 Å². The summed E-state index contributed by atoms with van der Waals surface area (Å²) in [6.07, 6.45) is 4.70. The zero-order valence-electron chi connectivity index (χ0n) is 15.0. The Kier molecular flexibility index (Phi) is 6.05. The van der Waals surface area contributed by atoms with Crippen molar-refractivity contribution in [2.24, 2.45) is 0 Å². The number of hydrogen-bond acceptors (Lipinski definition) is 4. The van der Waals surface area contributed by atoms with E-state index in [1.165, 1.54) is 16.4 Å². The van der Waals surface area contributed by atoms with E-state index in [2.05, 4.69) is 21.4 Å². The summed E-state index contributed by atoms with van der Waals surface area (Å²) < 4.78 is 42.1. The molecule has 1 aliphatic heterocycles. The molecule has 0 unspecified atom stereocenters. The second-order valence-corrected chi connectivity index (χ2v) is 8.49. The van der Waals surface area contributed by atoms with Crippen molar-refractivity contribution in [2.45, 2.75) is 25.6 Å². The van der Waals surface area contributed by atoms with E-state index in [4.69, 9.17) is 0 Å². The molecule has 0 spiro atoms. The van der Waals surface area contributed by atoms with Crippen LogP contribution < -0.4 is 0 Å². The van der Waals surface area contributed by atoms with Gasteiger partial charge in [-0.25, -0.2) is 17.8 Å². The Morgan fingerprint density at radius 2 is 1.92 bits per heavy atom. The number of piperazine rings is 1. The molecule has 1 fully saturated rings. The Bertz CT molecular complexity index is 829. The number of nitrogens with zero attached hydrogens (tertiary/aromatic N) is 4. The maximum Gasteiger partial charge on any atom is 0.218 e. The molecule has 26 heavy (non-hydrogen) atoms. The molecule has 1 aromatic heterocycles. The first-order chi connectivity index (χ1) is 12.5. The quantitative estimate of drug-likeness (QED) is 0.734. The number of halogens is 1. The van der Waals surface area contributed by atoms with E-state index in [0.29, 0.717) is 31.7 Å². The number of sulfonamides is 1. The molecule has 1 saturated heterocycles. The van der Waals surface area contributed by atoms with E-state index >= 15 is 0 Å². The number of rotatable bonds is 7. The highest BCUT2D eigenvalue weighted by atomic mass is 32.2. The molecule has 142 valence electrons. The summed E-state index contributed by atoms with van der Waals surface area (Å²) in [5, 5.41) is 0. The molecule has 0 amide bonds. The van der Waals surface area contributed by atoms with Crippen LogP contribution in [0.5, 0.6) is 0 Å². The molecule has 2 aromatic rings. The van der Waals surface area contributed by atoms with Gasteiger partial charge < -0.3 is 4.57 Å². The van der Waals surface area contributed by atoms with Crippen LogP contribution >= 0.6 is 0 Å². The Morgan fingerprint density at radius 1 is 1.15 bits per heavy atom. The number of aryl methyl sites for hydroxylation is 1. The lowest BCUT2D eigenvalue weighted by Gasteiger charge is -2.34. The summed E-state index contributed by atoms with van der Waals surface area (Å²) in [6.45, 7) is 6.18. The van der Waals surface area contributed by atoms with Gasteiger partial charge in [-0.15, -0.1) is 0 Å². The van der Waals surface area contributed by atoms with Gasteiger partial charge in [-0.1, -0.05) is 19.1 Å². The SMILES string of the molecule is CCc1nccn1CCN1CCN(S(=O)(=O)Cc2cccc(F)c2)CC1. The minimum absolute atomic E-state index is 0.153. The van der Waals surface area contributed by atoms with Crippen LogP contribution in [0, 0.1) is 5.82 Å². The van der Waals surface area contributed by atoms with Crippen LogP contribution in [0.1, 0.15) is 18.3 Å². The van der Waals surface area contributed by atoms with Crippen molar-refractivity contribution >= 4 is 10.0 Å². The summed E-state index contributed by atoms with van der Waals surface area (Å²) in [5.74, 6) is 0.509. The summed E-state index contributed by atoms with van der Waals surface area (Å²) in [4.78, 5) is 6.59. The van der Waals surface area contributed by atoms with E-state index in [9.17, 15) is 12.8 Å². The second kappa shape index (κ2) is 8.28. The van der Waals surface area contributed by atoms with E-state index in [1.54, 1.807) is 12.1 Å². The molecule has 0 N–H and O–H groups in total. The molecule has 6 nitrogen and oxygen atoms in total. The molecule has 8 heteroatoms. The highest BCUT2D eigenvalue weighted by Gasteiger charge is 2.27. The molecular formula is C18H25FN4O2S. The monoisotopic (exact) mass is 380 g/mol. The molecule has 1 aliphatic rings. The zero-order valence-corrected chi connectivity index (χ0v) is 15.8. The van der Waals surface area contributed by atoms with Crippen LogP contribution in [0.2, 0.25) is 0 Å². The van der Waals surface area contributed by atoms with E-state index in [-0.39, 0.29) is 5.75 Å². The molecule has 0 radical (unpaired) electrons. The molecule has 0 saturated carbocycles. The topological polar surface area (TPSA) is 58.4 Å². The average Bonchev–Trinajstić information content (AvgIpc) is 3.07. The van der Waals surface area contributed by atoms with Crippen molar-refractivity contribution in [2.75, 3.05) is 32.7 Å². The van der Waals surface area contributed by atoms with E-state index in [1.807, 2.05) is 12.4 Å². The van der Waals surface area contributed by atoms with Crippen LogP contribution in [-0.2, 0) is 28.7 Å². The van der Waals surface area contributed by atoms with Crippen LogP contribution in [0.25, 0.3) is 0 Å². The first-order valence-electron chi connectivity index (χ1n) is 8.92. The molecule has 0 atom stereocenters. The van der Waals surface area contributed by atoms with Crippen molar-refractivity contribution < 1.29 is 12.8 Å². The van der Waals surface area contributed by atoms with E-state index < -0.39 is 15.8 Å². The van der Waals surface area contributed by atoms with Crippen molar-refractivity contribution in [3.05, 3.63) is 53.9 Å². The van der Waals surface area contributed by atoms with Crippen molar-refractivity contribution in [1.29, 1.82) is 0 Å². The Labute approximate surface area is 154 Å². The molecular weight excluding hydrogens is 355 g/mol. The predicted octanol–water partition coefficient (Wildman–Crippen LogP) is 1.73. The van der Waals surface area contributed by atoms with Gasteiger partial charge in [0.2, 0.25) is 10.0 Å². The number of aromatic nitrogens is 2. The molecule has 2 heterocycles. The zero-order chi connectivity index (χ0) is 18.6. The highest BCUT2D eigenvalue weighted by molar-refractivity contribution is 7.88. The molecule has 3 rings (SSSR count). The first kappa shape index (κ1) is 19.0. The normalized spacial score (nSPS) is 16.8. The highest BCUT2D eigenvalue weighted by Crippen LogP contribution is 2.14. The maximum atomic E-state index is 13.3. The Balaban J connectivity index is 1.51. The maximum absolute atomic E-state index is 13.3. The van der Waals surface area contributed by atoms with Crippen molar-refractivity contribution in [1.82, 2.24) is 18.8 Å². The standard InChI is InChI=1S/C18H25FN4O2S/c1-2-18-20-6-7-22(18)11-8-21-9-12-23(13-10-21)26(24,25)15-16-4-3-5-17(19)14-16/h3-7,14H,2,8-13,15H2,1H3. The van der Waals surface area contributed by atoms with Gasteiger partial charge in [0.05, 0.1) is 5.75 Å². The fourth-order valence-electron chi connectivity index (χ4n) is 3.27. The lowest BCUT2D eigenvalue weighted by molar-refractivity contribution is 0.182. The third kappa shape index (κ3) is 4.69. The Morgan fingerprint density at radius 3 is 2.62 bits per heavy atom. The summed E-state index contributed by atoms with van der Waals surface area (Å²) in [5.41, 5.74) is 0.486. The van der Waals surface area contributed by atoms with Gasteiger partial charge in [-0.05, 0) is 17.7 Å². The average molecular weight is 380 g/mol. The van der Waals surface area contributed by atoms with Gasteiger partial charge in [0.25, 0.3) is 0 Å². The van der Waals surface area contributed by atoms with Gasteiger partial charge in [0, 0.05) is 58.1 Å². The van der Waals surface area contributed by atoms with Gasteiger partial charge >= 0.3 is 0 Å². The predicted molar refractivity (Wildman–Crippen MR) is 98.6 cm³/mol. The van der Waals surface area contributed by atoms with Crippen LogP contribution in [0.15, 0.2) is 36.7 Å². The van der Waals surface area contributed by atoms with Gasteiger partial charge in [0.1, 0.15) is 11.6 Å². The van der Waals surface area contributed by atoms with Crippen LogP contribution in [0.4, 0.5) is 4.39 Å². The fraction of sp³-hybridized carbons (Fsp3) is 0.500. The number of benzene rings is 1. The molecule has 1 aromatic carbocycles. The van der Waals surface area contributed by atoms with Crippen LogP contribution in [-0.4, -0.2) is 59.9 Å². The first-order valence-corrected chi connectivity index (χ1v) is 10.5. The summed E-state index contributed by atoms with van der Waals surface area (Å²) in [6, 6.07) is 5.79. The second-order valence-electron chi connectivity index (χ2n) is 6.52. The largest absolute Gasteiger partial charge is 0.334 e. The summed E-state index contributed by atoms with van der Waals surface area (Å²) in [7, 11) is -3.42.